The van der Waals surface area contributed by atoms with Crippen LogP contribution < -0.4 is 4.74 Å². The Morgan fingerprint density at radius 1 is 1.40 bits per heavy atom. The highest BCUT2D eigenvalue weighted by atomic mass is 16.5. The predicted octanol–water partition coefficient (Wildman–Crippen LogP) is 3.51. The number of pyridine rings is 1. The van der Waals surface area contributed by atoms with Crippen LogP contribution in [-0.4, -0.2) is 32.9 Å². The monoisotopic (exact) mass is 344 g/mol. The molecular formula is C19H24N2O4. The molecule has 1 N–H and O–H groups in total. The minimum Gasteiger partial charge on any atom is -0.490 e. The van der Waals surface area contributed by atoms with E-state index in [9.17, 15) is 9.59 Å². The van der Waals surface area contributed by atoms with E-state index in [0.717, 1.165) is 19.3 Å². The maximum absolute atomic E-state index is 12.9. The summed E-state index contributed by atoms with van der Waals surface area (Å²) >= 11 is 0. The Morgan fingerprint density at radius 2 is 2.16 bits per heavy atom. The fourth-order valence-electron chi connectivity index (χ4n) is 3.43. The summed E-state index contributed by atoms with van der Waals surface area (Å²) in [6.07, 6.45) is 5.21. The molecule has 0 aromatic carbocycles. The van der Waals surface area contributed by atoms with E-state index in [1.165, 1.54) is 0 Å². The Bertz CT molecular complexity index is 792. The van der Waals surface area contributed by atoms with Crippen LogP contribution in [0.2, 0.25) is 0 Å². The molecule has 2 aromatic rings. The van der Waals surface area contributed by atoms with Crippen molar-refractivity contribution in [1.82, 2.24) is 9.38 Å². The van der Waals surface area contributed by atoms with Crippen molar-refractivity contribution < 1.29 is 19.4 Å². The van der Waals surface area contributed by atoms with E-state index >= 15 is 0 Å². The Kier molecular flexibility index (Phi) is 5.06. The summed E-state index contributed by atoms with van der Waals surface area (Å²) in [5, 5.41) is 9.14. The molecule has 0 aliphatic heterocycles. The van der Waals surface area contributed by atoms with Crippen molar-refractivity contribution >= 4 is 17.4 Å². The lowest BCUT2D eigenvalue weighted by Crippen LogP contribution is -2.16. The van der Waals surface area contributed by atoms with Gasteiger partial charge in [-0.05, 0) is 44.2 Å². The lowest BCUT2D eigenvalue weighted by Gasteiger charge is -2.14. The highest BCUT2D eigenvalue weighted by molar-refractivity contribution is 5.97. The predicted molar refractivity (Wildman–Crippen MR) is 93.1 cm³/mol. The van der Waals surface area contributed by atoms with Crippen molar-refractivity contribution in [3.8, 4) is 5.75 Å². The molecule has 1 aliphatic rings. The van der Waals surface area contributed by atoms with Crippen molar-refractivity contribution in [2.24, 2.45) is 11.8 Å². The number of carboxylic acids is 1. The number of hydrogen-bond donors (Lipinski definition) is 1. The molecule has 0 amide bonds. The lowest BCUT2D eigenvalue weighted by molar-refractivity contribution is -0.138. The topological polar surface area (TPSA) is 80.9 Å². The fraction of sp³-hybridized carbons (Fsp3) is 0.526. The molecule has 6 heteroatoms. The van der Waals surface area contributed by atoms with Crippen LogP contribution in [-0.2, 0) is 4.79 Å². The van der Waals surface area contributed by atoms with E-state index in [-0.39, 0.29) is 24.5 Å². The molecule has 1 aliphatic carbocycles. The van der Waals surface area contributed by atoms with Gasteiger partial charge in [0.15, 0.2) is 17.2 Å². The third kappa shape index (κ3) is 4.00. The van der Waals surface area contributed by atoms with E-state index in [2.05, 4.69) is 4.98 Å². The van der Waals surface area contributed by atoms with E-state index in [1.54, 1.807) is 10.6 Å². The van der Waals surface area contributed by atoms with Crippen LogP contribution >= 0.6 is 0 Å². The van der Waals surface area contributed by atoms with Crippen molar-refractivity contribution in [1.29, 1.82) is 0 Å². The number of rotatable bonds is 9. The second-order valence-electron chi connectivity index (χ2n) is 6.82. The molecule has 25 heavy (non-hydrogen) atoms. The lowest BCUT2D eigenvalue weighted by atomic mass is 9.92. The number of nitrogens with zero attached hydrogens (tertiary/aromatic N) is 2. The second-order valence-corrected chi connectivity index (χ2v) is 6.82. The van der Waals surface area contributed by atoms with Crippen LogP contribution in [0.25, 0.3) is 5.65 Å². The number of imidazole rings is 1. The van der Waals surface area contributed by atoms with E-state index in [0.29, 0.717) is 35.3 Å². The summed E-state index contributed by atoms with van der Waals surface area (Å²) in [6.45, 7) is 4.24. The number of aromatic nitrogens is 2. The van der Waals surface area contributed by atoms with Gasteiger partial charge in [0, 0.05) is 19.0 Å². The highest BCUT2D eigenvalue weighted by Gasteiger charge is 2.29. The first-order chi connectivity index (χ1) is 12.0. The fourth-order valence-corrected chi connectivity index (χ4v) is 3.43. The SMILES string of the molecule is CCOc1cccn2c(C(=O)C[C@@H](CC(=O)O)CC3CC3)c(C)nc12. The van der Waals surface area contributed by atoms with Gasteiger partial charge in [-0.3, -0.25) is 14.0 Å². The Hall–Kier alpha value is -2.37. The standard InChI is InChI=1S/C19H24N2O4/c1-3-25-16-5-4-8-21-18(12(2)20-19(16)21)15(22)10-14(11-17(23)24)9-13-6-7-13/h4-5,8,13-14H,3,6-7,9-11H2,1-2H3,(H,23,24)/t14-/m0/s1. The molecular weight excluding hydrogens is 320 g/mol. The molecule has 0 saturated heterocycles. The summed E-state index contributed by atoms with van der Waals surface area (Å²) in [4.78, 5) is 28.5. The van der Waals surface area contributed by atoms with E-state index in [1.807, 2.05) is 26.0 Å². The zero-order valence-corrected chi connectivity index (χ0v) is 14.7. The second kappa shape index (κ2) is 7.25. The summed E-state index contributed by atoms with van der Waals surface area (Å²) in [5.41, 5.74) is 1.81. The maximum atomic E-state index is 12.9. The van der Waals surface area contributed by atoms with Crippen molar-refractivity contribution in [2.45, 2.75) is 46.0 Å². The zero-order chi connectivity index (χ0) is 18.0. The number of fused-ring (bicyclic) bond motifs is 1. The van der Waals surface area contributed by atoms with Crippen LogP contribution in [0.15, 0.2) is 18.3 Å². The zero-order valence-electron chi connectivity index (χ0n) is 14.7. The Labute approximate surface area is 146 Å². The largest absolute Gasteiger partial charge is 0.490 e. The molecule has 3 rings (SSSR count). The number of aryl methyl sites for hydroxylation is 1. The normalized spacial score (nSPS) is 15.3. The van der Waals surface area contributed by atoms with Gasteiger partial charge in [0.2, 0.25) is 0 Å². The van der Waals surface area contributed by atoms with Gasteiger partial charge in [0.05, 0.1) is 12.3 Å². The van der Waals surface area contributed by atoms with E-state index in [4.69, 9.17) is 9.84 Å². The summed E-state index contributed by atoms with van der Waals surface area (Å²) in [5.74, 6) is 0.229. The Balaban J connectivity index is 1.86. The third-order valence-electron chi connectivity index (χ3n) is 4.65. The smallest absolute Gasteiger partial charge is 0.303 e. The molecule has 2 heterocycles. The molecule has 0 unspecified atom stereocenters. The average Bonchev–Trinajstić information content (AvgIpc) is 3.27. The molecule has 6 nitrogen and oxygen atoms in total. The first-order valence-electron chi connectivity index (χ1n) is 8.85. The Morgan fingerprint density at radius 3 is 2.80 bits per heavy atom. The molecule has 134 valence electrons. The highest BCUT2D eigenvalue weighted by Crippen LogP contribution is 2.37. The molecule has 0 radical (unpaired) electrons. The molecule has 1 atom stereocenters. The van der Waals surface area contributed by atoms with E-state index < -0.39 is 5.97 Å². The van der Waals surface area contributed by atoms with Crippen LogP contribution in [0.5, 0.6) is 5.75 Å². The molecule has 1 saturated carbocycles. The molecule has 0 spiro atoms. The van der Waals surface area contributed by atoms with Gasteiger partial charge in [0.25, 0.3) is 0 Å². The number of carboxylic acid groups (broad SMARTS) is 1. The number of Topliss-reactive ketones (excluding diaryl/α,β-unsaturated/α-hetero) is 1. The molecule has 1 fully saturated rings. The average molecular weight is 344 g/mol. The number of carbonyl (C=O) groups is 2. The number of hydrogen-bond acceptors (Lipinski definition) is 4. The quantitative estimate of drug-likeness (QED) is 0.704. The minimum absolute atomic E-state index is 0.0439. The van der Waals surface area contributed by atoms with Crippen LogP contribution in [0.1, 0.15) is 55.2 Å². The molecule has 0 bridgehead atoms. The third-order valence-corrected chi connectivity index (χ3v) is 4.65. The summed E-state index contributed by atoms with van der Waals surface area (Å²) < 4.78 is 7.35. The van der Waals surface area contributed by atoms with Crippen molar-refractivity contribution in [2.75, 3.05) is 6.61 Å². The van der Waals surface area contributed by atoms with Crippen molar-refractivity contribution in [3.05, 3.63) is 29.7 Å². The molecule has 2 aromatic heterocycles. The van der Waals surface area contributed by atoms with Gasteiger partial charge in [-0.15, -0.1) is 0 Å². The van der Waals surface area contributed by atoms with Crippen LogP contribution in [0.3, 0.4) is 0 Å². The number of aliphatic carboxylic acids is 1. The number of carbonyl (C=O) groups excluding carboxylic acids is 1. The number of ketones is 1. The number of ether oxygens (including phenoxy) is 1. The minimum atomic E-state index is -0.841. The van der Waals surface area contributed by atoms with Gasteiger partial charge in [-0.25, -0.2) is 4.98 Å². The van der Waals surface area contributed by atoms with Crippen molar-refractivity contribution in [3.63, 3.8) is 0 Å². The van der Waals surface area contributed by atoms with Gasteiger partial charge >= 0.3 is 5.97 Å². The summed E-state index contributed by atoms with van der Waals surface area (Å²) in [7, 11) is 0. The first kappa shape index (κ1) is 17.5. The van der Waals surface area contributed by atoms with Gasteiger partial charge in [0.1, 0.15) is 5.69 Å². The van der Waals surface area contributed by atoms with Crippen LogP contribution in [0, 0.1) is 18.8 Å². The maximum Gasteiger partial charge on any atom is 0.303 e. The van der Waals surface area contributed by atoms with Crippen LogP contribution in [0.4, 0.5) is 0 Å². The van der Waals surface area contributed by atoms with Gasteiger partial charge in [-0.1, -0.05) is 12.8 Å². The summed E-state index contributed by atoms with van der Waals surface area (Å²) in [6, 6.07) is 3.66. The first-order valence-corrected chi connectivity index (χ1v) is 8.85. The van der Waals surface area contributed by atoms with Gasteiger partial charge in [-0.2, -0.15) is 0 Å². The van der Waals surface area contributed by atoms with Gasteiger partial charge < -0.3 is 9.84 Å².